The van der Waals surface area contributed by atoms with E-state index in [0.29, 0.717) is 12.6 Å². The molecule has 2 saturated heterocycles. The van der Waals surface area contributed by atoms with E-state index in [1.807, 2.05) is 6.92 Å². The topological polar surface area (TPSA) is 47.6 Å². The van der Waals surface area contributed by atoms with Gasteiger partial charge in [0.1, 0.15) is 0 Å². The summed E-state index contributed by atoms with van der Waals surface area (Å²) in [4.78, 5) is 11.6. The van der Waals surface area contributed by atoms with Crippen LogP contribution in [-0.2, 0) is 14.3 Å². The van der Waals surface area contributed by atoms with Crippen LogP contribution in [-0.4, -0.2) is 38.4 Å². The molecule has 0 saturated carbocycles. The van der Waals surface area contributed by atoms with Crippen molar-refractivity contribution in [1.29, 1.82) is 0 Å². The number of piperidine rings is 1. The molecule has 0 aromatic heterocycles. The molecule has 4 nitrogen and oxygen atoms in total. The van der Waals surface area contributed by atoms with Crippen LogP contribution in [0.4, 0.5) is 0 Å². The fraction of sp³-hybridized carbons (Fsp3) is 0.923. The van der Waals surface area contributed by atoms with Gasteiger partial charge in [0.2, 0.25) is 0 Å². The first-order valence-electron chi connectivity index (χ1n) is 6.79. The highest BCUT2D eigenvalue weighted by molar-refractivity contribution is 5.72. The van der Waals surface area contributed by atoms with Crippen molar-refractivity contribution in [3.8, 4) is 0 Å². The summed E-state index contributed by atoms with van der Waals surface area (Å²) in [6.07, 6.45) is 4.37. The Balaban J connectivity index is 1.75. The molecule has 98 valence electrons. The third-order valence-corrected chi connectivity index (χ3v) is 3.91. The first kappa shape index (κ1) is 12.8. The van der Waals surface area contributed by atoms with E-state index < -0.39 is 0 Å². The van der Waals surface area contributed by atoms with Gasteiger partial charge in [0, 0.05) is 25.8 Å². The Morgan fingerprint density at radius 3 is 2.65 bits per heavy atom. The minimum Gasteiger partial charge on any atom is -0.466 e. The van der Waals surface area contributed by atoms with E-state index >= 15 is 0 Å². The fourth-order valence-electron chi connectivity index (χ4n) is 2.86. The Morgan fingerprint density at radius 1 is 1.29 bits per heavy atom. The predicted molar refractivity (Wildman–Crippen MR) is 64.7 cm³/mol. The lowest BCUT2D eigenvalue weighted by Gasteiger charge is -2.36. The van der Waals surface area contributed by atoms with Crippen LogP contribution in [0.5, 0.6) is 0 Å². The molecule has 4 heteroatoms. The predicted octanol–water partition coefficient (Wildman–Crippen LogP) is 1.34. The highest BCUT2D eigenvalue weighted by atomic mass is 16.5. The number of nitrogens with one attached hydrogen (secondary N) is 1. The standard InChI is InChI=1S/C13H23NO3/c1-2-17-13(15)11-3-4-12(14-9-11)10-5-7-16-8-6-10/h10-12,14H,2-9H2,1H3. The zero-order valence-corrected chi connectivity index (χ0v) is 10.6. The Bertz CT molecular complexity index is 243. The monoisotopic (exact) mass is 241 g/mol. The minimum atomic E-state index is -0.0366. The van der Waals surface area contributed by atoms with Crippen molar-refractivity contribution in [2.75, 3.05) is 26.4 Å². The van der Waals surface area contributed by atoms with Gasteiger partial charge in [-0.05, 0) is 38.5 Å². The molecule has 2 aliphatic rings. The molecule has 2 unspecified atom stereocenters. The van der Waals surface area contributed by atoms with Crippen molar-refractivity contribution in [1.82, 2.24) is 5.32 Å². The summed E-state index contributed by atoms with van der Waals surface area (Å²) in [6.45, 7) is 4.91. The summed E-state index contributed by atoms with van der Waals surface area (Å²) in [6, 6.07) is 0.574. The summed E-state index contributed by atoms with van der Waals surface area (Å²) < 4.78 is 10.4. The van der Waals surface area contributed by atoms with Crippen molar-refractivity contribution in [3.63, 3.8) is 0 Å². The second-order valence-corrected chi connectivity index (χ2v) is 4.99. The maximum absolute atomic E-state index is 11.6. The van der Waals surface area contributed by atoms with Gasteiger partial charge in [-0.1, -0.05) is 0 Å². The molecule has 17 heavy (non-hydrogen) atoms. The maximum atomic E-state index is 11.6. The largest absolute Gasteiger partial charge is 0.466 e. The molecular weight excluding hydrogens is 218 g/mol. The zero-order valence-electron chi connectivity index (χ0n) is 10.6. The first-order valence-corrected chi connectivity index (χ1v) is 6.79. The Labute approximate surface area is 103 Å². The summed E-state index contributed by atoms with van der Waals surface area (Å²) >= 11 is 0. The maximum Gasteiger partial charge on any atom is 0.310 e. The summed E-state index contributed by atoms with van der Waals surface area (Å²) in [5, 5.41) is 3.52. The lowest BCUT2D eigenvalue weighted by molar-refractivity contribution is -0.148. The molecule has 2 aliphatic heterocycles. The first-order chi connectivity index (χ1) is 8.31. The highest BCUT2D eigenvalue weighted by Crippen LogP contribution is 2.26. The number of carbonyl (C=O) groups excluding carboxylic acids is 1. The third kappa shape index (κ3) is 3.42. The van der Waals surface area contributed by atoms with Crippen molar-refractivity contribution in [2.24, 2.45) is 11.8 Å². The molecule has 2 rings (SSSR count). The fourth-order valence-corrected chi connectivity index (χ4v) is 2.86. The third-order valence-electron chi connectivity index (χ3n) is 3.91. The molecule has 0 bridgehead atoms. The van der Waals surface area contributed by atoms with Gasteiger partial charge in [-0.25, -0.2) is 0 Å². The van der Waals surface area contributed by atoms with Gasteiger partial charge in [0.25, 0.3) is 0 Å². The molecule has 2 heterocycles. The molecule has 0 aromatic rings. The molecular formula is C13H23NO3. The van der Waals surface area contributed by atoms with E-state index in [9.17, 15) is 4.79 Å². The second-order valence-electron chi connectivity index (χ2n) is 4.99. The molecule has 0 aromatic carbocycles. The van der Waals surface area contributed by atoms with Crippen LogP contribution in [0.25, 0.3) is 0 Å². The van der Waals surface area contributed by atoms with Crippen molar-refractivity contribution < 1.29 is 14.3 Å². The summed E-state index contributed by atoms with van der Waals surface area (Å²) in [7, 11) is 0. The summed E-state index contributed by atoms with van der Waals surface area (Å²) in [5.74, 6) is 0.753. The van der Waals surface area contributed by atoms with Crippen molar-refractivity contribution in [3.05, 3.63) is 0 Å². The minimum absolute atomic E-state index is 0.0366. The average Bonchev–Trinajstić information content (AvgIpc) is 2.40. The van der Waals surface area contributed by atoms with Crippen molar-refractivity contribution in [2.45, 2.75) is 38.6 Å². The van der Waals surface area contributed by atoms with Crippen LogP contribution in [0.1, 0.15) is 32.6 Å². The Morgan fingerprint density at radius 2 is 2.06 bits per heavy atom. The molecule has 0 aliphatic carbocycles. The van der Waals surface area contributed by atoms with E-state index in [4.69, 9.17) is 9.47 Å². The van der Waals surface area contributed by atoms with E-state index in [1.54, 1.807) is 0 Å². The smallest absolute Gasteiger partial charge is 0.310 e. The second kappa shape index (κ2) is 6.36. The average molecular weight is 241 g/mol. The van der Waals surface area contributed by atoms with Crippen LogP contribution in [0.3, 0.4) is 0 Å². The SMILES string of the molecule is CCOC(=O)C1CCC(C2CCOCC2)NC1. The molecule has 0 radical (unpaired) electrons. The molecule has 0 spiro atoms. The van der Waals surface area contributed by atoms with E-state index in [-0.39, 0.29) is 11.9 Å². The molecule has 0 amide bonds. The highest BCUT2D eigenvalue weighted by Gasteiger charge is 2.31. The number of esters is 1. The number of carbonyl (C=O) groups is 1. The number of hydrogen-bond acceptors (Lipinski definition) is 4. The van der Waals surface area contributed by atoms with Gasteiger partial charge >= 0.3 is 5.97 Å². The van der Waals surface area contributed by atoms with Crippen LogP contribution in [0, 0.1) is 11.8 Å². The van der Waals surface area contributed by atoms with Crippen LogP contribution >= 0.6 is 0 Å². The van der Waals surface area contributed by atoms with E-state index in [0.717, 1.165) is 51.4 Å². The lowest BCUT2D eigenvalue weighted by Crippen LogP contribution is -2.47. The van der Waals surface area contributed by atoms with Gasteiger partial charge in [-0.2, -0.15) is 0 Å². The Hall–Kier alpha value is -0.610. The van der Waals surface area contributed by atoms with Gasteiger partial charge in [0.15, 0.2) is 0 Å². The zero-order chi connectivity index (χ0) is 12.1. The lowest BCUT2D eigenvalue weighted by atomic mass is 9.84. The summed E-state index contributed by atoms with van der Waals surface area (Å²) in [5.41, 5.74) is 0. The van der Waals surface area contributed by atoms with Gasteiger partial charge in [-0.3, -0.25) is 4.79 Å². The van der Waals surface area contributed by atoms with Crippen molar-refractivity contribution >= 4 is 5.97 Å². The molecule has 2 fully saturated rings. The Kier molecular flexibility index (Phi) is 4.80. The van der Waals surface area contributed by atoms with Crippen LogP contribution in [0.2, 0.25) is 0 Å². The van der Waals surface area contributed by atoms with Gasteiger partial charge in [0.05, 0.1) is 12.5 Å². The number of rotatable bonds is 3. The van der Waals surface area contributed by atoms with E-state index in [2.05, 4.69) is 5.32 Å². The van der Waals surface area contributed by atoms with Crippen LogP contribution < -0.4 is 5.32 Å². The quantitative estimate of drug-likeness (QED) is 0.758. The van der Waals surface area contributed by atoms with Gasteiger partial charge in [-0.15, -0.1) is 0 Å². The number of hydrogen-bond donors (Lipinski definition) is 1. The normalized spacial score (nSPS) is 31.1. The van der Waals surface area contributed by atoms with E-state index in [1.165, 1.54) is 0 Å². The molecule has 1 N–H and O–H groups in total. The molecule has 2 atom stereocenters. The van der Waals surface area contributed by atoms with Gasteiger partial charge < -0.3 is 14.8 Å². The number of ether oxygens (including phenoxy) is 2. The van der Waals surface area contributed by atoms with Crippen LogP contribution in [0.15, 0.2) is 0 Å².